The highest BCUT2D eigenvalue weighted by atomic mass is 16.5. The molecule has 4 nitrogen and oxygen atoms in total. The fourth-order valence-corrected chi connectivity index (χ4v) is 1.69. The topological polar surface area (TPSA) is 39.7 Å². The second-order valence-corrected chi connectivity index (χ2v) is 4.04. The summed E-state index contributed by atoms with van der Waals surface area (Å²) < 4.78 is 15.7. The molecule has 102 valence electrons. The second-order valence-electron chi connectivity index (χ2n) is 4.04. The minimum Gasteiger partial charge on any atom is -0.497 e. The van der Waals surface area contributed by atoms with Gasteiger partial charge in [-0.1, -0.05) is 12.1 Å². The molecule has 0 heterocycles. The van der Waals surface area contributed by atoms with Gasteiger partial charge in [-0.2, -0.15) is 0 Å². The molecule has 0 fully saturated rings. The van der Waals surface area contributed by atoms with E-state index in [4.69, 9.17) is 14.2 Å². The lowest BCUT2D eigenvalue weighted by atomic mass is 10.1. The lowest BCUT2D eigenvalue weighted by Crippen LogP contribution is -2.22. The highest BCUT2D eigenvalue weighted by molar-refractivity contribution is 5.29. The number of likely N-dealkylation sites (N-methyl/N-ethyl adjacent to an activating group) is 1. The van der Waals surface area contributed by atoms with Crippen LogP contribution in [-0.4, -0.2) is 41.1 Å². The molecule has 0 saturated heterocycles. The van der Waals surface area contributed by atoms with Crippen molar-refractivity contribution in [3.8, 4) is 5.75 Å². The predicted molar refractivity (Wildman–Crippen MR) is 72.1 cm³/mol. The van der Waals surface area contributed by atoms with E-state index in [0.717, 1.165) is 25.4 Å². The molecule has 0 aliphatic heterocycles. The van der Waals surface area contributed by atoms with Crippen LogP contribution >= 0.6 is 0 Å². The lowest BCUT2D eigenvalue weighted by Gasteiger charge is -2.17. The van der Waals surface area contributed by atoms with Gasteiger partial charge in [0.15, 0.2) is 0 Å². The SMILES string of the molecule is CNC(COCCCOC)c1ccc(OC)cc1. The molecule has 1 N–H and O–H groups in total. The van der Waals surface area contributed by atoms with Crippen LogP contribution in [0.4, 0.5) is 0 Å². The lowest BCUT2D eigenvalue weighted by molar-refractivity contribution is 0.0889. The Labute approximate surface area is 109 Å². The van der Waals surface area contributed by atoms with E-state index in [2.05, 4.69) is 17.4 Å². The average molecular weight is 253 g/mol. The summed E-state index contributed by atoms with van der Waals surface area (Å²) in [5, 5.41) is 3.25. The Hall–Kier alpha value is -1.10. The minimum absolute atomic E-state index is 0.207. The van der Waals surface area contributed by atoms with Gasteiger partial charge < -0.3 is 19.5 Å². The summed E-state index contributed by atoms with van der Waals surface area (Å²) in [6, 6.07) is 8.24. The molecule has 1 rings (SSSR count). The third-order valence-corrected chi connectivity index (χ3v) is 2.79. The van der Waals surface area contributed by atoms with Crippen LogP contribution in [-0.2, 0) is 9.47 Å². The van der Waals surface area contributed by atoms with Crippen LogP contribution in [0.15, 0.2) is 24.3 Å². The van der Waals surface area contributed by atoms with Crippen LogP contribution in [0.25, 0.3) is 0 Å². The Bertz CT molecular complexity index is 313. The number of methoxy groups -OCH3 is 2. The molecule has 0 radical (unpaired) electrons. The van der Waals surface area contributed by atoms with Gasteiger partial charge in [-0.05, 0) is 31.2 Å². The van der Waals surface area contributed by atoms with Gasteiger partial charge in [-0.15, -0.1) is 0 Å². The number of nitrogens with one attached hydrogen (secondary N) is 1. The van der Waals surface area contributed by atoms with E-state index in [1.54, 1.807) is 14.2 Å². The van der Waals surface area contributed by atoms with E-state index in [1.165, 1.54) is 5.56 Å². The van der Waals surface area contributed by atoms with Crippen LogP contribution in [0.2, 0.25) is 0 Å². The van der Waals surface area contributed by atoms with Crippen LogP contribution in [0.3, 0.4) is 0 Å². The van der Waals surface area contributed by atoms with E-state index in [0.29, 0.717) is 6.61 Å². The summed E-state index contributed by atoms with van der Waals surface area (Å²) in [7, 11) is 5.31. The molecule has 0 aliphatic carbocycles. The van der Waals surface area contributed by atoms with Crippen molar-refractivity contribution >= 4 is 0 Å². The summed E-state index contributed by atoms with van der Waals surface area (Å²) >= 11 is 0. The first-order valence-electron chi connectivity index (χ1n) is 6.19. The quantitative estimate of drug-likeness (QED) is 0.683. The molecule has 0 aromatic heterocycles. The van der Waals surface area contributed by atoms with E-state index >= 15 is 0 Å². The Kier molecular flexibility index (Phi) is 7.41. The molecule has 0 spiro atoms. The zero-order chi connectivity index (χ0) is 13.2. The van der Waals surface area contributed by atoms with Crippen molar-refractivity contribution in [1.29, 1.82) is 0 Å². The van der Waals surface area contributed by atoms with E-state index in [9.17, 15) is 0 Å². The van der Waals surface area contributed by atoms with Gasteiger partial charge in [-0.25, -0.2) is 0 Å². The van der Waals surface area contributed by atoms with Crippen LogP contribution in [0, 0.1) is 0 Å². The molecule has 0 amide bonds. The van der Waals surface area contributed by atoms with Gasteiger partial charge >= 0.3 is 0 Å². The smallest absolute Gasteiger partial charge is 0.118 e. The fraction of sp³-hybridized carbons (Fsp3) is 0.571. The van der Waals surface area contributed by atoms with Crippen molar-refractivity contribution in [3.63, 3.8) is 0 Å². The zero-order valence-electron chi connectivity index (χ0n) is 11.4. The monoisotopic (exact) mass is 253 g/mol. The summed E-state index contributed by atoms with van der Waals surface area (Å²) in [5.41, 5.74) is 1.20. The van der Waals surface area contributed by atoms with Gasteiger partial charge in [0.25, 0.3) is 0 Å². The number of hydrogen-bond donors (Lipinski definition) is 1. The summed E-state index contributed by atoms with van der Waals surface area (Å²) in [5.74, 6) is 0.870. The van der Waals surface area contributed by atoms with Crippen molar-refractivity contribution < 1.29 is 14.2 Å². The standard InChI is InChI=1S/C14H23NO3/c1-15-14(11-18-10-4-9-16-2)12-5-7-13(17-3)8-6-12/h5-8,14-15H,4,9-11H2,1-3H3. The maximum Gasteiger partial charge on any atom is 0.118 e. The maximum absolute atomic E-state index is 5.63. The number of ether oxygens (including phenoxy) is 3. The third-order valence-electron chi connectivity index (χ3n) is 2.79. The first-order valence-corrected chi connectivity index (χ1v) is 6.19. The van der Waals surface area contributed by atoms with Crippen LogP contribution < -0.4 is 10.1 Å². The largest absolute Gasteiger partial charge is 0.497 e. The molecular formula is C14H23NO3. The predicted octanol–water partition coefficient (Wildman–Crippen LogP) is 2.01. The number of rotatable bonds is 9. The zero-order valence-corrected chi connectivity index (χ0v) is 11.4. The minimum atomic E-state index is 0.207. The van der Waals surface area contributed by atoms with Crippen molar-refractivity contribution in [3.05, 3.63) is 29.8 Å². The highest BCUT2D eigenvalue weighted by Gasteiger charge is 2.09. The molecule has 1 atom stereocenters. The first-order chi connectivity index (χ1) is 8.81. The Morgan fingerprint density at radius 1 is 1.11 bits per heavy atom. The Balaban J connectivity index is 2.39. The van der Waals surface area contributed by atoms with Crippen molar-refractivity contribution in [2.45, 2.75) is 12.5 Å². The molecule has 4 heteroatoms. The molecular weight excluding hydrogens is 230 g/mol. The van der Waals surface area contributed by atoms with Gasteiger partial charge in [0, 0.05) is 20.3 Å². The first kappa shape index (κ1) is 15.0. The summed E-state index contributed by atoms with van der Waals surface area (Å²) in [6.45, 7) is 2.13. The molecule has 18 heavy (non-hydrogen) atoms. The van der Waals surface area contributed by atoms with Gasteiger partial charge in [0.05, 0.1) is 19.8 Å². The molecule has 0 aliphatic rings. The third kappa shape index (κ3) is 5.04. The maximum atomic E-state index is 5.63. The molecule has 1 aromatic rings. The van der Waals surface area contributed by atoms with Crippen LogP contribution in [0.1, 0.15) is 18.0 Å². The Morgan fingerprint density at radius 3 is 2.39 bits per heavy atom. The van der Waals surface area contributed by atoms with Gasteiger partial charge in [0.2, 0.25) is 0 Å². The van der Waals surface area contributed by atoms with Crippen molar-refractivity contribution in [2.24, 2.45) is 0 Å². The molecule has 0 saturated carbocycles. The summed E-state index contributed by atoms with van der Waals surface area (Å²) in [4.78, 5) is 0. The molecule has 1 unspecified atom stereocenters. The van der Waals surface area contributed by atoms with Gasteiger partial charge in [0.1, 0.15) is 5.75 Å². The van der Waals surface area contributed by atoms with Crippen LogP contribution in [0.5, 0.6) is 5.75 Å². The number of hydrogen-bond acceptors (Lipinski definition) is 4. The Morgan fingerprint density at radius 2 is 1.83 bits per heavy atom. The van der Waals surface area contributed by atoms with Gasteiger partial charge in [-0.3, -0.25) is 0 Å². The van der Waals surface area contributed by atoms with E-state index in [-0.39, 0.29) is 6.04 Å². The van der Waals surface area contributed by atoms with E-state index < -0.39 is 0 Å². The summed E-state index contributed by atoms with van der Waals surface area (Å²) in [6.07, 6.45) is 0.926. The average Bonchev–Trinajstić information content (AvgIpc) is 2.43. The molecule has 0 bridgehead atoms. The van der Waals surface area contributed by atoms with E-state index in [1.807, 2.05) is 19.2 Å². The number of benzene rings is 1. The molecule has 1 aromatic carbocycles. The van der Waals surface area contributed by atoms with Crippen molar-refractivity contribution in [1.82, 2.24) is 5.32 Å². The normalized spacial score (nSPS) is 12.4. The second kappa shape index (κ2) is 8.91. The van der Waals surface area contributed by atoms with Crippen molar-refractivity contribution in [2.75, 3.05) is 41.1 Å². The highest BCUT2D eigenvalue weighted by Crippen LogP contribution is 2.17. The fourth-order valence-electron chi connectivity index (χ4n) is 1.69.